The smallest absolute Gasteiger partial charge is 0.124 e. The molecule has 2 nitrogen and oxygen atoms in total. The summed E-state index contributed by atoms with van der Waals surface area (Å²) in [5, 5.41) is 3.38. The first-order valence-corrected chi connectivity index (χ1v) is 6.07. The number of ether oxygens (including phenoxy) is 1. The van der Waals surface area contributed by atoms with E-state index in [0.717, 1.165) is 16.8 Å². The summed E-state index contributed by atoms with van der Waals surface area (Å²) in [5.41, 5.74) is 1.20. The van der Waals surface area contributed by atoms with Crippen molar-refractivity contribution in [1.29, 1.82) is 0 Å². The quantitative estimate of drug-likeness (QED) is 0.887. The third-order valence-corrected chi connectivity index (χ3v) is 2.52. The minimum atomic E-state index is 0.489. The summed E-state index contributed by atoms with van der Waals surface area (Å²) in [6.07, 6.45) is 0. The summed E-state index contributed by atoms with van der Waals surface area (Å²) >= 11 is 3.45. The highest BCUT2D eigenvalue weighted by molar-refractivity contribution is 9.10. The van der Waals surface area contributed by atoms with Gasteiger partial charge in [0.15, 0.2) is 0 Å². The van der Waals surface area contributed by atoms with Crippen LogP contribution in [0.25, 0.3) is 0 Å². The molecule has 0 fully saturated rings. The SMILES string of the molecule is CCOc1cc(Br)ccc1CNC(C)C. The van der Waals surface area contributed by atoms with Gasteiger partial charge in [0.1, 0.15) is 5.75 Å². The second kappa shape index (κ2) is 6.13. The van der Waals surface area contributed by atoms with Crippen LogP contribution >= 0.6 is 15.9 Å². The van der Waals surface area contributed by atoms with E-state index >= 15 is 0 Å². The lowest BCUT2D eigenvalue weighted by atomic mass is 10.2. The fourth-order valence-electron chi connectivity index (χ4n) is 1.28. The molecule has 0 unspecified atom stereocenters. The van der Waals surface area contributed by atoms with Gasteiger partial charge in [0.2, 0.25) is 0 Å². The fraction of sp³-hybridized carbons (Fsp3) is 0.500. The summed E-state index contributed by atoms with van der Waals surface area (Å²) in [6.45, 7) is 7.82. The van der Waals surface area contributed by atoms with Gasteiger partial charge in [-0.05, 0) is 19.1 Å². The third kappa shape index (κ3) is 4.22. The lowest BCUT2D eigenvalue weighted by Gasteiger charge is -2.13. The van der Waals surface area contributed by atoms with Crippen LogP contribution in [0.4, 0.5) is 0 Å². The number of hydrogen-bond acceptors (Lipinski definition) is 2. The molecule has 15 heavy (non-hydrogen) atoms. The molecule has 0 radical (unpaired) electrons. The predicted octanol–water partition coefficient (Wildman–Crippen LogP) is 3.35. The van der Waals surface area contributed by atoms with E-state index in [1.165, 1.54) is 5.56 Å². The van der Waals surface area contributed by atoms with E-state index in [4.69, 9.17) is 4.74 Å². The molecule has 0 aliphatic rings. The van der Waals surface area contributed by atoms with E-state index in [2.05, 4.69) is 41.2 Å². The molecular weight excluding hydrogens is 254 g/mol. The molecular formula is C12H18BrNO. The number of nitrogens with one attached hydrogen (secondary N) is 1. The Hall–Kier alpha value is -0.540. The minimum absolute atomic E-state index is 0.489. The van der Waals surface area contributed by atoms with Gasteiger partial charge < -0.3 is 10.1 Å². The van der Waals surface area contributed by atoms with Gasteiger partial charge in [-0.3, -0.25) is 0 Å². The van der Waals surface area contributed by atoms with E-state index in [-0.39, 0.29) is 0 Å². The summed E-state index contributed by atoms with van der Waals surface area (Å²) in [5.74, 6) is 0.958. The van der Waals surface area contributed by atoms with Crippen molar-refractivity contribution in [3.05, 3.63) is 28.2 Å². The van der Waals surface area contributed by atoms with Gasteiger partial charge in [0.05, 0.1) is 6.61 Å². The van der Waals surface area contributed by atoms with Crippen LogP contribution in [0.15, 0.2) is 22.7 Å². The fourth-order valence-corrected chi connectivity index (χ4v) is 1.62. The maximum Gasteiger partial charge on any atom is 0.124 e. The largest absolute Gasteiger partial charge is 0.494 e. The van der Waals surface area contributed by atoms with E-state index in [1.54, 1.807) is 0 Å². The minimum Gasteiger partial charge on any atom is -0.494 e. The molecule has 0 amide bonds. The van der Waals surface area contributed by atoms with Crippen LogP contribution in [0.3, 0.4) is 0 Å². The van der Waals surface area contributed by atoms with Crippen LogP contribution in [0, 0.1) is 0 Å². The number of rotatable bonds is 5. The highest BCUT2D eigenvalue weighted by Gasteiger charge is 2.04. The molecule has 0 aliphatic carbocycles. The first-order valence-electron chi connectivity index (χ1n) is 5.28. The summed E-state index contributed by atoms with van der Waals surface area (Å²) in [7, 11) is 0. The topological polar surface area (TPSA) is 21.3 Å². The first-order chi connectivity index (χ1) is 7.13. The average Bonchev–Trinajstić information content (AvgIpc) is 2.17. The Bertz CT molecular complexity index is 312. The van der Waals surface area contributed by atoms with Gasteiger partial charge >= 0.3 is 0 Å². The molecule has 3 heteroatoms. The van der Waals surface area contributed by atoms with Crippen molar-refractivity contribution in [3.8, 4) is 5.75 Å². The van der Waals surface area contributed by atoms with Crippen molar-refractivity contribution in [3.63, 3.8) is 0 Å². The Balaban J connectivity index is 2.76. The van der Waals surface area contributed by atoms with Gasteiger partial charge in [-0.1, -0.05) is 35.8 Å². The second-order valence-electron chi connectivity index (χ2n) is 3.72. The molecule has 0 spiro atoms. The highest BCUT2D eigenvalue weighted by Crippen LogP contribution is 2.23. The Kier molecular flexibility index (Phi) is 5.12. The monoisotopic (exact) mass is 271 g/mol. The Morgan fingerprint density at radius 3 is 2.73 bits per heavy atom. The summed E-state index contributed by atoms with van der Waals surface area (Å²) < 4.78 is 6.63. The molecule has 0 aromatic heterocycles. The van der Waals surface area contributed by atoms with Gasteiger partial charge in [0.25, 0.3) is 0 Å². The van der Waals surface area contributed by atoms with Crippen LogP contribution in [-0.2, 0) is 6.54 Å². The second-order valence-corrected chi connectivity index (χ2v) is 4.64. The van der Waals surface area contributed by atoms with Crippen LogP contribution in [0.1, 0.15) is 26.3 Å². The number of halogens is 1. The standard InChI is InChI=1S/C12H18BrNO/c1-4-15-12-7-11(13)6-5-10(12)8-14-9(2)3/h5-7,9,14H,4,8H2,1-3H3. The average molecular weight is 272 g/mol. The molecule has 84 valence electrons. The zero-order valence-electron chi connectivity index (χ0n) is 9.51. The molecule has 0 bridgehead atoms. The van der Waals surface area contributed by atoms with Gasteiger partial charge in [-0.2, -0.15) is 0 Å². The van der Waals surface area contributed by atoms with Gasteiger partial charge in [0, 0.05) is 22.6 Å². The van der Waals surface area contributed by atoms with Crippen molar-refractivity contribution in [2.24, 2.45) is 0 Å². The maximum absolute atomic E-state index is 5.58. The molecule has 1 N–H and O–H groups in total. The molecule has 0 aliphatic heterocycles. The predicted molar refractivity (Wildman–Crippen MR) is 67.3 cm³/mol. The molecule has 1 aromatic carbocycles. The van der Waals surface area contributed by atoms with Crippen LogP contribution in [0.2, 0.25) is 0 Å². The van der Waals surface area contributed by atoms with Crippen LogP contribution < -0.4 is 10.1 Å². The highest BCUT2D eigenvalue weighted by atomic mass is 79.9. The van der Waals surface area contributed by atoms with Crippen molar-refractivity contribution < 1.29 is 4.74 Å². The lowest BCUT2D eigenvalue weighted by Crippen LogP contribution is -2.22. The molecule has 0 atom stereocenters. The third-order valence-electron chi connectivity index (χ3n) is 2.03. The Morgan fingerprint density at radius 1 is 1.40 bits per heavy atom. The molecule has 0 saturated carbocycles. The van der Waals surface area contributed by atoms with E-state index in [0.29, 0.717) is 12.6 Å². The Morgan fingerprint density at radius 2 is 2.13 bits per heavy atom. The molecule has 1 aromatic rings. The Labute approximate surface area is 100 Å². The van der Waals surface area contributed by atoms with Crippen molar-refractivity contribution in [1.82, 2.24) is 5.32 Å². The number of benzene rings is 1. The van der Waals surface area contributed by atoms with E-state index in [9.17, 15) is 0 Å². The van der Waals surface area contributed by atoms with Crippen LogP contribution in [-0.4, -0.2) is 12.6 Å². The zero-order valence-corrected chi connectivity index (χ0v) is 11.1. The van der Waals surface area contributed by atoms with Crippen LogP contribution in [0.5, 0.6) is 5.75 Å². The molecule has 0 heterocycles. The normalized spacial score (nSPS) is 10.7. The van der Waals surface area contributed by atoms with Gasteiger partial charge in [-0.15, -0.1) is 0 Å². The van der Waals surface area contributed by atoms with Gasteiger partial charge in [-0.25, -0.2) is 0 Å². The lowest BCUT2D eigenvalue weighted by molar-refractivity contribution is 0.335. The maximum atomic E-state index is 5.58. The van der Waals surface area contributed by atoms with E-state index in [1.807, 2.05) is 19.1 Å². The molecule has 1 rings (SSSR count). The number of hydrogen-bond donors (Lipinski definition) is 1. The van der Waals surface area contributed by atoms with Crippen molar-refractivity contribution in [2.75, 3.05) is 6.61 Å². The molecule has 0 saturated heterocycles. The van der Waals surface area contributed by atoms with Crippen molar-refractivity contribution >= 4 is 15.9 Å². The summed E-state index contributed by atoms with van der Waals surface area (Å²) in [4.78, 5) is 0. The first kappa shape index (κ1) is 12.5. The van der Waals surface area contributed by atoms with E-state index < -0.39 is 0 Å². The zero-order chi connectivity index (χ0) is 11.3. The summed E-state index contributed by atoms with van der Waals surface area (Å²) in [6, 6.07) is 6.63. The van der Waals surface area contributed by atoms with Crippen molar-refractivity contribution in [2.45, 2.75) is 33.4 Å².